The molecule has 0 amide bonds. The van der Waals surface area contributed by atoms with Crippen molar-refractivity contribution in [3.05, 3.63) is 51.5 Å². The van der Waals surface area contributed by atoms with Gasteiger partial charge in [-0.1, -0.05) is 12.8 Å². The summed E-state index contributed by atoms with van der Waals surface area (Å²) in [5.41, 5.74) is -0.330. The maximum absolute atomic E-state index is 13.4. The summed E-state index contributed by atoms with van der Waals surface area (Å²) in [4.78, 5) is 16.1. The normalized spacial score (nSPS) is 16.2. The third kappa shape index (κ3) is 5.83. The van der Waals surface area contributed by atoms with Crippen molar-refractivity contribution in [1.82, 2.24) is 4.98 Å². The molecule has 11 heteroatoms. The van der Waals surface area contributed by atoms with E-state index in [9.17, 15) is 28.2 Å². The highest BCUT2D eigenvalue weighted by atomic mass is 32.1. The Hall–Kier alpha value is -2.89. The van der Waals surface area contributed by atoms with Gasteiger partial charge in [0.05, 0.1) is 52.8 Å². The Morgan fingerprint density at radius 1 is 1.14 bits per heavy atom. The maximum atomic E-state index is 13.4. The first-order valence-electron chi connectivity index (χ1n) is 11.8. The summed E-state index contributed by atoms with van der Waals surface area (Å²) in [5, 5.41) is 21.3. The van der Waals surface area contributed by atoms with Crippen LogP contribution in [0, 0.1) is 6.92 Å². The van der Waals surface area contributed by atoms with Crippen molar-refractivity contribution < 1.29 is 42.4 Å². The van der Waals surface area contributed by atoms with Crippen LogP contribution in [0.5, 0.6) is 11.5 Å². The molecule has 0 aliphatic heterocycles. The Bertz CT molecular complexity index is 1260. The summed E-state index contributed by atoms with van der Waals surface area (Å²) in [6.45, 7) is 1.83. The van der Waals surface area contributed by atoms with Crippen LogP contribution in [-0.2, 0) is 17.3 Å². The van der Waals surface area contributed by atoms with Crippen molar-refractivity contribution in [1.29, 1.82) is 0 Å². The van der Waals surface area contributed by atoms with Crippen LogP contribution in [0.2, 0.25) is 0 Å². The number of aliphatic hydroxyl groups is 1. The number of hydrogen-bond acceptors (Lipinski definition) is 7. The lowest BCUT2D eigenvalue weighted by Gasteiger charge is -2.27. The molecule has 1 aliphatic rings. The van der Waals surface area contributed by atoms with Gasteiger partial charge in [0.1, 0.15) is 17.6 Å². The lowest BCUT2D eigenvalue weighted by Crippen LogP contribution is -2.29. The highest BCUT2D eigenvalue weighted by molar-refractivity contribution is 7.18. The van der Waals surface area contributed by atoms with E-state index < -0.39 is 35.5 Å². The molecule has 4 rings (SSSR count). The Balaban J connectivity index is 1.72. The summed E-state index contributed by atoms with van der Waals surface area (Å²) < 4.78 is 57.4. The number of carboxylic acid groups (broad SMARTS) is 1. The predicted molar refractivity (Wildman–Crippen MR) is 132 cm³/mol. The summed E-state index contributed by atoms with van der Waals surface area (Å²) in [6, 6.07) is 4.90. The van der Waals surface area contributed by atoms with Crippen molar-refractivity contribution >= 4 is 27.5 Å². The minimum Gasteiger partial charge on any atom is -0.496 e. The van der Waals surface area contributed by atoms with Crippen LogP contribution in [0.4, 0.5) is 13.2 Å². The largest absolute Gasteiger partial charge is 0.496 e. The van der Waals surface area contributed by atoms with E-state index in [1.807, 2.05) is 6.92 Å². The van der Waals surface area contributed by atoms with Gasteiger partial charge >= 0.3 is 12.1 Å². The Morgan fingerprint density at radius 2 is 1.76 bits per heavy atom. The molecule has 2 N–H and O–H groups in total. The van der Waals surface area contributed by atoms with Gasteiger partial charge in [0.25, 0.3) is 0 Å². The van der Waals surface area contributed by atoms with Gasteiger partial charge in [0, 0.05) is 12.0 Å². The van der Waals surface area contributed by atoms with E-state index in [1.54, 1.807) is 12.1 Å². The second-order valence-corrected chi connectivity index (χ2v) is 10.2. The smallest absolute Gasteiger partial charge is 0.416 e. The molecule has 1 fully saturated rings. The number of thiazole rings is 1. The molecule has 200 valence electrons. The van der Waals surface area contributed by atoms with Gasteiger partial charge in [-0.2, -0.15) is 13.2 Å². The second-order valence-electron chi connectivity index (χ2n) is 9.06. The van der Waals surface area contributed by atoms with Crippen LogP contribution in [0.3, 0.4) is 0 Å². The molecular weight excluding hydrogens is 511 g/mol. The zero-order chi connectivity index (χ0) is 26.9. The topological polar surface area (TPSA) is 98.1 Å². The number of aromatic carboxylic acids is 1. The van der Waals surface area contributed by atoms with E-state index in [2.05, 4.69) is 4.98 Å². The second kappa shape index (κ2) is 10.8. The lowest BCUT2D eigenvalue weighted by atomic mass is 9.99. The number of carbonyl (C=O) groups is 1. The molecule has 0 radical (unpaired) electrons. The van der Waals surface area contributed by atoms with Gasteiger partial charge < -0.3 is 24.4 Å². The summed E-state index contributed by atoms with van der Waals surface area (Å²) in [5.74, 6) is -0.442. The highest BCUT2D eigenvalue weighted by Crippen LogP contribution is 2.38. The molecule has 3 aromatic rings. The quantitative estimate of drug-likeness (QED) is 0.347. The fraction of sp³-hybridized carbons (Fsp3) is 0.462. The van der Waals surface area contributed by atoms with Gasteiger partial charge in [-0.15, -0.1) is 11.3 Å². The summed E-state index contributed by atoms with van der Waals surface area (Å²) in [6.07, 6.45) is -2.92. The number of nitrogens with zero attached hydrogens (tertiary/aromatic N) is 1. The van der Waals surface area contributed by atoms with Gasteiger partial charge in [0.15, 0.2) is 0 Å². The average Bonchev–Trinajstić information content (AvgIpc) is 3.51. The van der Waals surface area contributed by atoms with Crippen molar-refractivity contribution in [3.8, 4) is 11.5 Å². The summed E-state index contributed by atoms with van der Waals surface area (Å²) in [7, 11) is 3.03. The molecule has 1 heterocycles. The lowest BCUT2D eigenvalue weighted by molar-refractivity contribution is -0.137. The number of aliphatic hydroxyl groups excluding tert-OH is 1. The van der Waals surface area contributed by atoms with Gasteiger partial charge in [-0.05, 0) is 49.6 Å². The predicted octanol–water partition coefficient (Wildman–Crippen LogP) is 5.94. The summed E-state index contributed by atoms with van der Waals surface area (Å²) >= 11 is 0.961. The molecule has 1 aliphatic carbocycles. The number of alkyl halides is 3. The van der Waals surface area contributed by atoms with Crippen LogP contribution in [0.15, 0.2) is 24.3 Å². The molecule has 7 nitrogen and oxygen atoms in total. The van der Waals surface area contributed by atoms with Crippen LogP contribution in [-0.4, -0.2) is 47.6 Å². The minimum absolute atomic E-state index is 0.0201. The van der Waals surface area contributed by atoms with Gasteiger partial charge in [-0.25, -0.2) is 9.78 Å². The van der Waals surface area contributed by atoms with Gasteiger partial charge in [-0.3, -0.25) is 0 Å². The molecule has 0 unspecified atom stereocenters. The Morgan fingerprint density at radius 3 is 2.30 bits per heavy atom. The zero-order valence-corrected chi connectivity index (χ0v) is 21.4. The van der Waals surface area contributed by atoms with Crippen molar-refractivity contribution in [3.63, 3.8) is 0 Å². The number of benzene rings is 2. The van der Waals surface area contributed by atoms with Crippen molar-refractivity contribution in [2.24, 2.45) is 0 Å². The first kappa shape index (κ1) is 27.2. The van der Waals surface area contributed by atoms with E-state index >= 15 is 0 Å². The number of halogens is 3. The van der Waals surface area contributed by atoms with Gasteiger partial charge in [0.2, 0.25) is 0 Å². The molecule has 2 atom stereocenters. The molecule has 0 spiro atoms. The minimum atomic E-state index is -4.70. The third-order valence-corrected chi connectivity index (χ3v) is 7.64. The average molecular weight is 540 g/mol. The third-order valence-electron chi connectivity index (χ3n) is 6.61. The maximum Gasteiger partial charge on any atom is 0.416 e. The highest BCUT2D eigenvalue weighted by Gasteiger charge is 2.34. The van der Waals surface area contributed by atoms with Crippen molar-refractivity contribution in [2.75, 3.05) is 14.2 Å². The fourth-order valence-electron chi connectivity index (χ4n) is 4.66. The number of fused-ring (bicyclic) bond motifs is 1. The van der Waals surface area contributed by atoms with E-state index in [0.29, 0.717) is 28.1 Å². The molecule has 1 saturated carbocycles. The standard InChI is InChI=1S/C26H28F3NO6S/c1-13-18(34-2)8-14(9-19(13)35-3)24(31)20(36-16-6-4-5-7-16)12-22-30-23-17(25(32)33)10-15(26(27,28)29)11-21(23)37-22/h8-11,16,20,24,31H,4-7,12H2,1-3H3,(H,32,33)/t20-,24+/m0/s1. The Kier molecular flexibility index (Phi) is 7.96. The van der Waals surface area contributed by atoms with E-state index in [-0.39, 0.29) is 22.7 Å². The number of ether oxygens (including phenoxy) is 3. The van der Waals surface area contributed by atoms with Crippen LogP contribution >= 0.6 is 11.3 Å². The van der Waals surface area contributed by atoms with Crippen LogP contribution in [0.25, 0.3) is 10.2 Å². The zero-order valence-electron chi connectivity index (χ0n) is 20.6. The SMILES string of the molecule is COc1cc([C@@H](O)[C@H](Cc2nc3c(C(=O)O)cc(C(F)(F)F)cc3s2)OC2CCCC2)cc(OC)c1C. The number of rotatable bonds is 9. The molecular formula is C26H28F3NO6S. The van der Waals surface area contributed by atoms with Crippen molar-refractivity contribution in [2.45, 2.75) is 63.5 Å². The first-order chi connectivity index (χ1) is 17.5. The van der Waals surface area contributed by atoms with E-state index in [1.165, 1.54) is 14.2 Å². The first-order valence-corrected chi connectivity index (χ1v) is 12.6. The molecule has 37 heavy (non-hydrogen) atoms. The van der Waals surface area contributed by atoms with Crippen LogP contribution < -0.4 is 9.47 Å². The molecule has 2 aromatic carbocycles. The van der Waals surface area contributed by atoms with Crippen LogP contribution in [0.1, 0.15) is 63.8 Å². The fourth-order valence-corrected chi connectivity index (χ4v) is 5.74. The van der Waals surface area contributed by atoms with E-state index in [0.717, 1.165) is 48.6 Å². The molecule has 0 bridgehead atoms. The number of methoxy groups -OCH3 is 2. The number of carboxylic acids is 1. The molecule has 1 aromatic heterocycles. The monoisotopic (exact) mass is 539 g/mol. The number of aromatic nitrogens is 1. The molecule has 0 saturated heterocycles. The Labute approximate surface area is 215 Å². The number of hydrogen-bond donors (Lipinski definition) is 2. The van der Waals surface area contributed by atoms with E-state index in [4.69, 9.17) is 14.2 Å².